The van der Waals surface area contributed by atoms with Crippen LogP contribution in [0.1, 0.15) is 47.7 Å². The Balaban J connectivity index is 1.42. The fourth-order valence-corrected chi connectivity index (χ4v) is 4.73. The minimum absolute atomic E-state index is 0.153. The van der Waals surface area contributed by atoms with Crippen LogP contribution in [0.2, 0.25) is 0 Å². The Labute approximate surface area is 219 Å². The van der Waals surface area contributed by atoms with Gasteiger partial charge >= 0.3 is 12.1 Å². The molecule has 1 aliphatic rings. The van der Waals surface area contributed by atoms with Crippen molar-refractivity contribution in [3.05, 3.63) is 77.5 Å². The van der Waals surface area contributed by atoms with Gasteiger partial charge in [-0.2, -0.15) is 13.2 Å². The van der Waals surface area contributed by atoms with E-state index in [-0.39, 0.29) is 11.9 Å². The van der Waals surface area contributed by atoms with E-state index in [1.165, 1.54) is 12.1 Å². The van der Waals surface area contributed by atoms with E-state index >= 15 is 0 Å². The van der Waals surface area contributed by atoms with Gasteiger partial charge in [0, 0.05) is 25.1 Å². The predicted molar refractivity (Wildman–Crippen MR) is 140 cm³/mol. The first-order valence-corrected chi connectivity index (χ1v) is 12.6. The van der Waals surface area contributed by atoms with Gasteiger partial charge in [0.15, 0.2) is 0 Å². The van der Waals surface area contributed by atoms with Crippen molar-refractivity contribution in [2.45, 2.75) is 39.3 Å². The SMILES string of the molecule is CCOC(=O)CC1CCN(c2ccc(NC(=O)c3cccc(C)c3-c3ccc(C(F)(F)F)cc3)cn2)CC1. The number of pyridine rings is 1. The van der Waals surface area contributed by atoms with Crippen LogP contribution >= 0.6 is 0 Å². The molecule has 1 N–H and O–H groups in total. The molecule has 0 saturated carbocycles. The molecule has 9 heteroatoms. The number of esters is 1. The van der Waals surface area contributed by atoms with Crippen LogP contribution in [-0.2, 0) is 15.7 Å². The second kappa shape index (κ2) is 11.7. The maximum atomic E-state index is 13.2. The van der Waals surface area contributed by atoms with E-state index in [4.69, 9.17) is 4.74 Å². The molecule has 1 aliphatic heterocycles. The summed E-state index contributed by atoms with van der Waals surface area (Å²) < 4.78 is 44.0. The molecule has 3 aromatic rings. The number of hydrogen-bond donors (Lipinski definition) is 1. The van der Waals surface area contributed by atoms with Crippen molar-refractivity contribution in [2.24, 2.45) is 5.92 Å². The zero-order valence-electron chi connectivity index (χ0n) is 21.3. The molecule has 0 unspecified atom stereocenters. The van der Waals surface area contributed by atoms with Crippen molar-refractivity contribution < 1.29 is 27.5 Å². The Morgan fingerprint density at radius 2 is 1.76 bits per heavy atom. The molecule has 1 aromatic heterocycles. The van der Waals surface area contributed by atoms with Gasteiger partial charge in [0.2, 0.25) is 0 Å². The van der Waals surface area contributed by atoms with E-state index in [9.17, 15) is 22.8 Å². The van der Waals surface area contributed by atoms with Crippen LogP contribution in [0, 0.1) is 12.8 Å². The normalized spacial score (nSPS) is 14.3. The minimum Gasteiger partial charge on any atom is -0.466 e. The Morgan fingerprint density at radius 3 is 2.37 bits per heavy atom. The second-order valence-electron chi connectivity index (χ2n) is 9.37. The molecule has 6 nitrogen and oxygen atoms in total. The van der Waals surface area contributed by atoms with Crippen LogP contribution in [0.3, 0.4) is 0 Å². The van der Waals surface area contributed by atoms with E-state index in [1.807, 2.05) is 19.1 Å². The molecule has 2 aromatic carbocycles. The number of aromatic nitrogens is 1. The molecule has 0 aliphatic carbocycles. The highest BCUT2D eigenvalue weighted by atomic mass is 19.4. The number of piperidine rings is 1. The molecular formula is C29H30F3N3O3. The number of alkyl halides is 3. The Bertz CT molecular complexity index is 1270. The number of benzene rings is 2. The molecule has 200 valence electrons. The van der Waals surface area contributed by atoms with Crippen molar-refractivity contribution in [1.29, 1.82) is 0 Å². The topological polar surface area (TPSA) is 71.5 Å². The molecule has 0 atom stereocenters. The van der Waals surface area contributed by atoms with E-state index in [0.717, 1.165) is 49.4 Å². The summed E-state index contributed by atoms with van der Waals surface area (Å²) in [7, 11) is 0. The summed E-state index contributed by atoms with van der Waals surface area (Å²) in [5, 5.41) is 2.85. The number of halogens is 3. The number of nitrogens with zero attached hydrogens (tertiary/aromatic N) is 2. The van der Waals surface area contributed by atoms with Crippen LogP contribution in [0.4, 0.5) is 24.7 Å². The minimum atomic E-state index is -4.43. The Kier molecular flexibility index (Phi) is 8.34. The number of ether oxygens (including phenoxy) is 1. The summed E-state index contributed by atoms with van der Waals surface area (Å²) in [5.74, 6) is 0.563. The largest absolute Gasteiger partial charge is 0.466 e. The maximum absolute atomic E-state index is 13.2. The van der Waals surface area contributed by atoms with E-state index in [0.29, 0.717) is 41.3 Å². The number of nitrogens with one attached hydrogen (secondary N) is 1. The predicted octanol–water partition coefficient (Wildman–Crippen LogP) is 6.50. The third kappa shape index (κ3) is 6.51. The summed E-state index contributed by atoms with van der Waals surface area (Å²) in [6.45, 7) is 5.57. The molecular weight excluding hydrogens is 495 g/mol. The van der Waals surface area contributed by atoms with Crippen LogP contribution in [0.5, 0.6) is 0 Å². The number of carbonyl (C=O) groups excluding carboxylic acids is 2. The van der Waals surface area contributed by atoms with Crippen molar-refractivity contribution in [1.82, 2.24) is 4.98 Å². The second-order valence-corrected chi connectivity index (χ2v) is 9.37. The van der Waals surface area contributed by atoms with Crippen LogP contribution < -0.4 is 10.2 Å². The van der Waals surface area contributed by atoms with Gasteiger partial charge in [-0.3, -0.25) is 9.59 Å². The highest BCUT2D eigenvalue weighted by molar-refractivity contribution is 6.09. The van der Waals surface area contributed by atoms with Gasteiger partial charge in [0.1, 0.15) is 5.82 Å². The zero-order chi connectivity index (χ0) is 27.3. The summed E-state index contributed by atoms with van der Waals surface area (Å²) >= 11 is 0. The smallest absolute Gasteiger partial charge is 0.416 e. The molecule has 2 heterocycles. The quantitative estimate of drug-likeness (QED) is 0.357. The van der Waals surface area contributed by atoms with Gasteiger partial charge in [-0.05, 0) is 79.6 Å². The molecule has 1 fully saturated rings. The number of rotatable bonds is 7. The first-order valence-electron chi connectivity index (χ1n) is 12.6. The Hall–Kier alpha value is -3.88. The number of hydrogen-bond acceptors (Lipinski definition) is 5. The molecule has 0 bridgehead atoms. The van der Waals surface area contributed by atoms with E-state index < -0.39 is 11.7 Å². The molecule has 0 spiro atoms. The highest BCUT2D eigenvalue weighted by Crippen LogP contribution is 2.33. The summed E-state index contributed by atoms with van der Waals surface area (Å²) in [4.78, 5) is 31.6. The molecule has 4 rings (SSSR count). The molecule has 1 amide bonds. The first-order chi connectivity index (χ1) is 18.2. The summed E-state index contributed by atoms with van der Waals surface area (Å²) in [6, 6.07) is 13.6. The third-order valence-corrected chi connectivity index (χ3v) is 6.72. The highest BCUT2D eigenvalue weighted by Gasteiger charge is 2.30. The van der Waals surface area contributed by atoms with Crippen molar-refractivity contribution in [3.8, 4) is 11.1 Å². The van der Waals surface area contributed by atoms with Gasteiger partial charge in [0.25, 0.3) is 5.91 Å². The van der Waals surface area contributed by atoms with Gasteiger partial charge < -0.3 is 15.0 Å². The standard InChI is InChI=1S/C29H30F3N3O3/c1-3-38-26(36)17-20-13-15-35(16-14-20)25-12-11-23(18-33-25)34-28(37)24-6-4-5-19(2)27(24)21-7-9-22(10-8-21)29(30,31)32/h4-12,18,20H,3,13-17H2,1-2H3,(H,34,37). The fourth-order valence-electron chi connectivity index (χ4n) is 4.73. The summed E-state index contributed by atoms with van der Waals surface area (Å²) in [6.07, 6.45) is -0.653. The van der Waals surface area contributed by atoms with Crippen LogP contribution in [0.25, 0.3) is 11.1 Å². The molecule has 0 radical (unpaired) electrons. The fraction of sp³-hybridized carbons (Fsp3) is 0.345. The number of anilines is 2. The average molecular weight is 526 g/mol. The zero-order valence-corrected chi connectivity index (χ0v) is 21.3. The molecule has 38 heavy (non-hydrogen) atoms. The lowest BCUT2D eigenvalue weighted by Gasteiger charge is -2.32. The first kappa shape index (κ1) is 27.2. The van der Waals surface area contributed by atoms with Crippen molar-refractivity contribution >= 4 is 23.4 Å². The van der Waals surface area contributed by atoms with E-state index in [1.54, 1.807) is 31.3 Å². The number of aryl methyl sites for hydroxylation is 1. The molecule has 1 saturated heterocycles. The monoisotopic (exact) mass is 525 g/mol. The number of carbonyl (C=O) groups is 2. The average Bonchev–Trinajstić information content (AvgIpc) is 2.89. The summed E-state index contributed by atoms with van der Waals surface area (Å²) in [5.41, 5.74) is 2.01. The lowest BCUT2D eigenvalue weighted by molar-refractivity contribution is -0.144. The maximum Gasteiger partial charge on any atom is 0.416 e. The van der Waals surface area contributed by atoms with Gasteiger partial charge in [0.05, 0.1) is 24.1 Å². The van der Waals surface area contributed by atoms with Gasteiger partial charge in [-0.15, -0.1) is 0 Å². The van der Waals surface area contributed by atoms with Gasteiger partial charge in [-0.1, -0.05) is 24.3 Å². The third-order valence-electron chi connectivity index (χ3n) is 6.72. The lowest BCUT2D eigenvalue weighted by atomic mass is 9.93. The van der Waals surface area contributed by atoms with E-state index in [2.05, 4.69) is 15.2 Å². The lowest BCUT2D eigenvalue weighted by Crippen LogP contribution is -2.35. The number of amides is 1. The van der Waals surface area contributed by atoms with Crippen LogP contribution in [-0.4, -0.2) is 36.6 Å². The van der Waals surface area contributed by atoms with Crippen molar-refractivity contribution in [3.63, 3.8) is 0 Å². The Morgan fingerprint density at radius 1 is 1.05 bits per heavy atom. The van der Waals surface area contributed by atoms with Crippen molar-refractivity contribution in [2.75, 3.05) is 29.9 Å². The van der Waals surface area contributed by atoms with Crippen LogP contribution in [0.15, 0.2) is 60.8 Å². The van der Waals surface area contributed by atoms with Gasteiger partial charge in [-0.25, -0.2) is 4.98 Å².